The van der Waals surface area contributed by atoms with E-state index in [1.54, 1.807) is 24.3 Å². The van der Waals surface area contributed by atoms with Crippen LogP contribution < -0.4 is 25.2 Å². The van der Waals surface area contributed by atoms with E-state index in [1.165, 1.54) is 32.2 Å². The highest BCUT2D eigenvalue weighted by Crippen LogP contribution is 2.29. The molecule has 0 unspecified atom stereocenters. The van der Waals surface area contributed by atoms with Gasteiger partial charge in [0.25, 0.3) is 10.0 Å². The molecule has 0 saturated heterocycles. The summed E-state index contributed by atoms with van der Waals surface area (Å²) in [6, 6.07) is 10.1. The highest BCUT2D eigenvalue weighted by atomic mass is 32.2. The van der Waals surface area contributed by atoms with Crippen molar-refractivity contribution < 1.29 is 22.7 Å². The molecule has 0 aliphatic rings. The molecule has 0 heterocycles. The second-order valence-corrected chi connectivity index (χ2v) is 7.36. The third-order valence-corrected chi connectivity index (χ3v) is 4.95. The lowest BCUT2D eigenvalue weighted by molar-refractivity contribution is -0.117. The molecule has 0 aliphatic carbocycles. The number of hydrogen-bond acceptors (Lipinski definition) is 6. The van der Waals surface area contributed by atoms with Gasteiger partial charge in [-0.2, -0.15) is 0 Å². The second kappa shape index (κ2) is 8.74. The van der Waals surface area contributed by atoms with Gasteiger partial charge in [0.05, 0.1) is 19.8 Å². The fourth-order valence-corrected chi connectivity index (χ4v) is 3.47. The summed E-state index contributed by atoms with van der Waals surface area (Å²) in [6.07, 6.45) is 0. The van der Waals surface area contributed by atoms with Crippen molar-refractivity contribution in [1.82, 2.24) is 0 Å². The van der Waals surface area contributed by atoms with Crippen molar-refractivity contribution in [2.75, 3.05) is 23.8 Å². The summed E-state index contributed by atoms with van der Waals surface area (Å²) in [4.78, 5) is 11.6. The number of hydrogen-bond donors (Lipinski definition) is 3. The van der Waals surface area contributed by atoms with Crippen LogP contribution in [0.1, 0.15) is 13.8 Å². The van der Waals surface area contributed by atoms with Gasteiger partial charge in [-0.05, 0) is 56.3 Å². The fourth-order valence-electron chi connectivity index (χ4n) is 2.22. The van der Waals surface area contributed by atoms with Crippen LogP contribution in [-0.2, 0) is 14.8 Å². The minimum absolute atomic E-state index is 0.110. The van der Waals surface area contributed by atoms with E-state index < -0.39 is 22.0 Å². The summed E-state index contributed by atoms with van der Waals surface area (Å²) in [5.41, 5.74) is 6.18. The van der Waals surface area contributed by atoms with Crippen LogP contribution in [0.15, 0.2) is 47.4 Å². The van der Waals surface area contributed by atoms with Gasteiger partial charge in [0.2, 0.25) is 5.91 Å². The predicted octanol–water partition coefficient (Wildman–Crippen LogP) is 2.18. The SMILES string of the molecule is CCOc1ccc(NS(=O)(=O)c2cc(NC(=O)[C@H](C)N)ccc2OC)cc1. The number of amides is 1. The Labute approximate surface area is 158 Å². The number of benzene rings is 2. The summed E-state index contributed by atoms with van der Waals surface area (Å²) in [6.45, 7) is 3.91. The average Bonchev–Trinajstić information content (AvgIpc) is 2.63. The van der Waals surface area contributed by atoms with E-state index in [9.17, 15) is 13.2 Å². The summed E-state index contributed by atoms with van der Waals surface area (Å²) < 4.78 is 38.6. The van der Waals surface area contributed by atoms with Crippen LogP contribution in [0.2, 0.25) is 0 Å². The quantitative estimate of drug-likeness (QED) is 0.632. The Morgan fingerprint density at radius 2 is 1.78 bits per heavy atom. The van der Waals surface area contributed by atoms with E-state index in [1.807, 2.05) is 6.92 Å². The van der Waals surface area contributed by atoms with Crippen LogP contribution in [0.4, 0.5) is 11.4 Å². The molecule has 0 spiro atoms. The highest BCUT2D eigenvalue weighted by molar-refractivity contribution is 7.92. The zero-order valence-electron chi connectivity index (χ0n) is 15.4. The van der Waals surface area contributed by atoms with Crippen LogP contribution in [-0.4, -0.2) is 34.1 Å². The molecular weight excluding hydrogens is 370 g/mol. The van der Waals surface area contributed by atoms with E-state index >= 15 is 0 Å². The van der Waals surface area contributed by atoms with E-state index in [2.05, 4.69) is 10.0 Å². The molecule has 8 nitrogen and oxygen atoms in total. The van der Waals surface area contributed by atoms with Gasteiger partial charge in [-0.3, -0.25) is 9.52 Å². The van der Waals surface area contributed by atoms with Gasteiger partial charge in [0.15, 0.2) is 0 Å². The molecule has 2 aromatic rings. The number of rotatable bonds is 8. The third-order valence-electron chi connectivity index (χ3n) is 3.55. The Hall–Kier alpha value is -2.78. The highest BCUT2D eigenvalue weighted by Gasteiger charge is 2.21. The molecule has 0 aliphatic heterocycles. The van der Waals surface area contributed by atoms with Crippen LogP contribution in [0.3, 0.4) is 0 Å². The predicted molar refractivity (Wildman–Crippen MR) is 104 cm³/mol. The normalized spacial score (nSPS) is 12.1. The second-order valence-electron chi connectivity index (χ2n) is 5.71. The number of anilines is 2. The molecule has 0 saturated carbocycles. The van der Waals surface area contributed by atoms with Gasteiger partial charge in [-0.25, -0.2) is 8.42 Å². The largest absolute Gasteiger partial charge is 0.495 e. The number of nitrogens with two attached hydrogens (primary N) is 1. The van der Waals surface area contributed by atoms with Gasteiger partial charge in [0, 0.05) is 11.4 Å². The molecule has 2 aromatic carbocycles. The van der Waals surface area contributed by atoms with Crippen molar-refractivity contribution in [1.29, 1.82) is 0 Å². The molecule has 1 atom stereocenters. The standard InChI is InChI=1S/C18H23N3O5S/c1-4-26-15-8-5-13(6-9-15)21-27(23,24)17-11-14(7-10-16(17)25-3)20-18(22)12(2)19/h5-12,21H,4,19H2,1-3H3,(H,20,22)/t12-/m0/s1. The van der Waals surface area contributed by atoms with Crippen molar-refractivity contribution in [3.05, 3.63) is 42.5 Å². The molecule has 0 bridgehead atoms. The van der Waals surface area contributed by atoms with Crippen molar-refractivity contribution in [3.8, 4) is 11.5 Å². The van der Waals surface area contributed by atoms with E-state index in [0.717, 1.165) is 0 Å². The van der Waals surface area contributed by atoms with Gasteiger partial charge >= 0.3 is 0 Å². The molecular formula is C18H23N3O5S. The molecule has 9 heteroatoms. The van der Waals surface area contributed by atoms with Crippen LogP contribution >= 0.6 is 0 Å². The Bertz CT molecular complexity index is 896. The first-order chi connectivity index (χ1) is 12.8. The lowest BCUT2D eigenvalue weighted by Gasteiger charge is -2.14. The maximum atomic E-state index is 12.8. The van der Waals surface area contributed by atoms with Gasteiger partial charge in [-0.1, -0.05) is 0 Å². The Morgan fingerprint density at radius 1 is 1.15 bits per heavy atom. The molecule has 1 amide bonds. The lowest BCUT2D eigenvalue weighted by atomic mass is 10.2. The maximum Gasteiger partial charge on any atom is 0.265 e. The fraction of sp³-hybridized carbons (Fsp3) is 0.278. The van der Waals surface area contributed by atoms with Gasteiger partial charge in [0.1, 0.15) is 16.4 Å². The number of ether oxygens (including phenoxy) is 2. The number of carbonyl (C=O) groups is 1. The topological polar surface area (TPSA) is 120 Å². The minimum Gasteiger partial charge on any atom is -0.495 e. The average molecular weight is 393 g/mol. The summed E-state index contributed by atoms with van der Waals surface area (Å²) >= 11 is 0. The number of nitrogens with one attached hydrogen (secondary N) is 2. The molecule has 146 valence electrons. The van der Waals surface area contributed by atoms with Crippen molar-refractivity contribution in [2.45, 2.75) is 24.8 Å². The van der Waals surface area contributed by atoms with Gasteiger partial charge < -0.3 is 20.5 Å². The molecule has 0 radical (unpaired) electrons. The summed E-state index contributed by atoms with van der Waals surface area (Å²) in [7, 11) is -2.59. The van der Waals surface area contributed by atoms with E-state index in [-0.39, 0.29) is 10.6 Å². The Kier molecular flexibility index (Phi) is 6.65. The van der Waals surface area contributed by atoms with Gasteiger partial charge in [-0.15, -0.1) is 0 Å². The molecule has 0 fully saturated rings. The summed E-state index contributed by atoms with van der Waals surface area (Å²) in [5.74, 6) is 0.355. The first-order valence-electron chi connectivity index (χ1n) is 8.27. The van der Waals surface area contributed by atoms with Crippen LogP contribution in [0.5, 0.6) is 11.5 Å². The Morgan fingerprint density at radius 3 is 2.33 bits per heavy atom. The maximum absolute atomic E-state index is 12.8. The third kappa shape index (κ3) is 5.35. The summed E-state index contributed by atoms with van der Waals surface area (Å²) in [5, 5.41) is 2.56. The van der Waals surface area contributed by atoms with Crippen molar-refractivity contribution in [3.63, 3.8) is 0 Å². The van der Waals surface area contributed by atoms with E-state index in [0.29, 0.717) is 23.7 Å². The number of methoxy groups -OCH3 is 1. The first kappa shape index (κ1) is 20.5. The first-order valence-corrected chi connectivity index (χ1v) is 9.75. The van der Waals surface area contributed by atoms with E-state index in [4.69, 9.17) is 15.2 Å². The zero-order valence-corrected chi connectivity index (χ0v) is 16.2. The molecule has 4 N–H and O–H groups in total. The molecule has 2 rings (SSSR count). The Balaban J connectivity index is 2.31. The van der Waals surface area contributed by atoms with Crippen LogP contribution in [0, 0.1) is 0 Å². The minimum atomic E-state index is -3.96. The monoisotopic (exact) mass is 393 g/mol. The van der Waals surface area contributed by atoms with Crippen molar-refractivity contribution in [2.24, 2.45) is 5.73 Å². The zero-order chi connectivity index (χ0) is 20.0. The van der Waals surface area contributed by atoms with Crippen molar-refractivity contribution >= 4 is 27.3 Å². The molecule has 0 aromatic heterocycles. The molecule has 27 heavy (non-hydrogen) atoms. The lowest BCUT2D eigenvalue weighted by Crippen LogP contribution is -2.32. The number of carbonyl (C=O) groups excluding carboxylic acids is 1. The van der Waals surface area contributed by atoms with Crippen LogP contribution in [0.25, 0.3) is 0 Å². The number of sulfonamides is 1. The smallest absolute Gasteiger partial charge is 0.265 e.